The van der Waals surface area contributed by atoms with Gasteiger partial charge in [0.25, 0.3) is 0 Å². The fourth-order valence-corrected chi connectivity index (χ4v) is 5.16. The average Bonchev–Trinajstić information content (AvgIpc) is 2.49. The number of piperidine rings is 1. The summed E-state index contributed by atoms with van der Waals surface area (Å²) in [6, 6.07) is 0. The van der Waals surface area contributed by atoms with Crippen LogP contribution in [0.1, 0.15) is 98.8 Å². The van der Waals surface area contributed by atoms with E-state index in [1.54, 1.807) is 0 Å². The fourth-order valence-electron chi connectivity index (χ4n) is 5.16. The van der Waals surface area contributed by atoms with Crippen LogP contribution in [0.15, 0.2) is 0 Å². The summed E-state index contributed by atoms with van der Waals surface area (Å²) < 4.78 is 6.22. The van der Waals surface area contributed by atoms with Crippen LogP contribution in [0.3, 0.4) is 0 Å². The number of ether oxygens (including phenoxy) is 1. The van der Waals surface area contributed by atoms with Crippen molar-refractivity contribution < 1.29 is 35.9 Å². The zero-order valence-electron chi connectivity index (χ0n) is 18.1. The molecule has 0 bridgehead atoms. The van der Waals surface area contributed by atoms with Gasteiger partial charge < -0.3 is 17.0 Å². The summed E-state index contributed by atoms with van der Waals surface area (Å²) >= 11 is 0. The van der Waals surface area contributed by atoms with Crippen LogP contribution < -0.4 is 5.32 Å². The fraction of sp³-hybridized carbons (Fsp3) is 0.913. The SMILES string of the molecule is [CH2-]C(CCC1CCC(CCC)CC1)CO[C-]1CC(C)(C)NC(C)(C)C1.[U+2]. The van der Waals surface area contributed by atoms with E-state index < -0.39 is 0 Å². The minimum absolute atomic E-state index is 0. The molecule has 0 radical (unpaired) electrons. The van der Waals surface area contributed by atoms with Crippen molar-refractivity contribution in [1.29, 1.82) is 0 Å². The minimum Gasteiger partial charge on any atom is -0.550 e. The van der Waals surface area contributed by atoms with Gasteiger partial charge in [-0.05, 0) is 57.2 Å². The largest absolute Gasteiger partial charge is 2.00 e. The smallest absolute Gasteiger partial charge is 0.550 e. The van der Waals surface area contributed by atoms with Crippen LogP contribution in [0, 0.1) is 61.9 Å². The molecule has 2 aliphatic rings. The summed E-state index contributed by atoms with van der Waals surface area (Å²) in [7, 11) is 0. The Morgan fingerprint density at radius 3 is 2.00 bits per heavy atom. The molecule has 0 aromatic carbocycles. The van der Waals surface area contributed by atoms with E-state index in [4.69, 9.17) is 4.74 Å². The molecular weight excluding hydrogens is 544 g/mol. The van der Waals surface area contributed by atoms with Crippen LogP contribution in [-0.2, 0) is 4.74 Å². The standard InChI is InChI=1S/C23H43NO.U/c1-7-8-19-11-13-20(14-12-19)10-9-18(2)17-25-21-15-22(3,4)24-23(5,6)16-21;/h18-20,24H,2,7-17H2,1,3-6H3;/q-2;+2. The van der Waals surface area contributed by atoms with Crippen molar-refractivity contribution in [2.24, 2.45) is 17.8 Å². The summed E-state index contributed by atoms with van der Waals surface area (Å²) in [5.41, 5.74) is 0.260. The normalized spacial score (nSPS) is 29.8. The Morgan fingerprint density at radius 2 is 1.50 bits per heavy atom. The molecule has 1 N–H and O–H groups in total. The Kier molecular flexibility index (Phi) is 10.8. The van der Waals surface area contributed by atoms with E-state index >= 15 is 0 Å². The predicted octanol–water partition coefficient (Wildman–Crippen LogP) is 6.31. The van der Waals surface area contributed by atoms with Crippen LogP contribution in [0.2, 0.25) is 0 Å². The zero-order chi connectivity index (χ0) is 18.5. The van der Waals surface area contributed by atoms with Crippen molar-refractivity contribution in [1.82, 2.24) is 5.32 Å². The summed E-state index contributed by atoms with van der Waals surface area (Å²) in [6.07, 6.45) is 14.5. The summed E-state index contributed by atoms with van der Waals surface area (Å²) in [5, 5.41) is 3.71. The molecule has 0 spiro atoms. The average molecular weight is 588 g/mol. The van der Waals surface area contributed by atoms with Crippen molar-refractivity contribution >= 4 is 0 Å². The zero-order valence-corrected chi connectivity index (χ0v) is 22.3. The van der Waals surface area contributed by atoms with E-state index in [-0.39, 0.29) is 42.2 Å². The molecular formula is C23H43NOU. The van der Waals surface area contributed by atoms with Crippen molar-refractivity contribution in [2.75, 3.05) is 6.61 Å². The first-order valence-electron chi connectivity index (χ1n) is 10.8. The van der Waals surface area contributed by atoms with Gasteiger partial charge in [0.1, 0.15) is 0 Å². The molecule has 0 aromatic heterocycles. The quantitative estimate of drug-likeness (QED) is 0.336. The Labute approximate surface area is 187 Å². The minimum atomic E-state index is 0. The van der Waals surface area contributed by atoms with Crippen molar-refractivity contribution in [3.05, 3.63) is 13.0 Å². The Hall–Kier alpha value is 0.972. The van der Waals surface area contributed by atoms with Crippen molar-refractivity contribution in [3.8, 4) is 0 Å². The van der Waals surface area contributed by atoms with Crippen LogP contribution in [0.4, 0.5) is 0 Å². The van der Waals surface area contributed by atoms with Gasteiger partial charge in [0.05, 0.1) is 0 Å². The molecule has 0 aromatic rings. The molecule has 2 fully saturated rings. The first kappa shape index (κ1) is 25.0. The summed E-state index contributed by atoms with van der Waals surface area (Å²) in [5.74, 6) is 2.40. The second-order valence-electron chi connectivity index (χ2n) is 10.2. The molecule has 1 aliphatic carbocycles. The van der Waals surface area contributed by atoms with E-state index in [1.807, 2.05) is 0 Å². The van der Waals surface area contributed by atoms with Gasteiger partial charge in [-0.1, -0.05) is 58.3 Å². The Bertz CT molecular complexity index is 372. The van der Waals surface area contributed by atoms with Crippen molar-refractivity contribution in [3.63, 3.8) is 0 Å². The molecule has 1 heterocycles. The van der Waals surface area contributed by atoms with Crippen molar-refractivity contribution in [2.45, 2.75) is 110 Å². The van der Waals surface area contributed by atoms with Crippen LogP contribution >= 0.6 is 0 Å². The van der Waals surface area contributed by atoms with Crippen LogP contribution in [0.25, 0.3) is 0 Å². The van der Waals surface area contributed by atoms with E-state index in [0.29, 0.717) is 5.92 Å². The molecule has 1 saturated carbocycles. The van der Waals surface area contributed by atoms with Gasteiger partial charge in [0.2, 0.25) is 0 Å². The van der Waals surface area contributed by atoms with E-state index in [0.717, 1.165) is 31.3 Å². The van der Waals surface area contributed by atoms with Gasteiger partial charge in [-0.25, -0.2) is 0 Å². The molecule has 2 nitrogen and oxygen atoms in total. The topological polar surface area (TPSA) is 21.3 Å². The molecule has 1 atom stereocenters. The Morgan fingerprint density at radius 1 is 1.00 bits per heavy atom. The maximum atomic E-state index is 6.22. The number of hydrogen-bond acceptors (Lipinski definition) is 2. The van der Waals surface area contributed by atoms with Gasteiger partial charge in [-0.3, -0.25) is 0 Å². The number of hydrogen-bond donors (Lipinski definition) is 1. The van der Waals surface area contributed by atoms with Gasteiger partial charge in [0, 0.05) is 0 Å². The molecule has 3 heteroatoms. The third kappa shape index (κ3) is 8.98. The third-order valence-corrected chi connectivity index (χ3v) is 6.12. The first-order valence-corrected chi connectivity index (χ1v) is 10.8. The second kappa shape index (κ2) is 11.2. The maximum Gasteiger partial charge on any atom is 2.00 e. The molecule has 2 rings (SSSR count). The van der Waals surface area contributed by atoms with Crippen LogP contribution in [-0.4, -0.2) is 17.7 Å². The number of nitrogens with one attached hydrogen (secondary N) is 1. The molecule has 26 heavy (non-hydrogen) atoms. The number of rotatable bonds is 8. The monoisotopic (exact) mass is 587 g/mol. The molecule has 1 aliphatic heterocycles. The van der Waals surface area contributed by atoms with E-state index in [1.165, 1.54) is 57.5 Å². The molecule has 1 saturated heterocycles. The molecule has 1 unspecified atom stereocenters. The van der Waals surface area contributed by atoms with Gasteiger partial charge in [0.15, 0.2) is 0 Å². The molecule has 150 valence electrons. The maximum absolute atomic E-state index is 6.22. The van der Waals surface area contributed by atoms with E-state index in [2.05, 4.69) is 46.9 Å². The third-order valence-electron chi connectivity index (χ3n) is 6.12. The van der Waals surface area contributed by atoms with Gasteiger partial charge in [-0.2, -0.15) is 6.10 Å². The van der Waals surface area contributed by atoms with Gasteiger partial charge in [-0.15, -0.1) is 18.8 Å². The van der Waals surface area contributed by atoms with Crippen LogP contribution in [0.5, 0.6) is 0 Å². The summed E-state index contributed by atoms with van der Waals surface area (Å²) in [6.45, 7) is 16.6. The summed E-state index contributed by atoms with van der Waals surface area (Å²) in [4.78, 5) is 0. The Balaban J connectivity index is 0.00000338. The first-order chi connectivity index (χ1) is 11.7. The van der Waals surface area contributed by atoms with Gasteiger partial charge >= 0.3 is 31.1 Å². The van der Waals surface area contributed by atoms with E-state index in [9.17, 15) is 0 Å². The molecule has 0 amide bonds. The predicted molar refractivity (Wildman–Crippen MR) is 108 cm³/mol. The second-order valence-corrected chi connectivity index (χ2v) is 10.2.